The van der Waals surface area contributed by atoms with Crippen LogP contribution >= 0.6 is 0 Å². The lowest BCUT2D eigenvalue weighted by Crippen LogP contribution is -2.10. The molecule has 0 saturated carbocycles. The summed E-state index contributed by atoms with van der Waals surface area (Å²) >= 11 is 0. The number of aryl methyl sites for hydroxylation is 1. The molecule has 0 amide bonds. The fourth-order valence-electron chi connectivity index (χ4n) is 14.0. The molecule has 0 aliphatic heterocycles. The van der Waals surface area contributed by atoms with Gasteiger partial charge in [0.25, 0.3) is 0 Å². The minimum atomic E-state index is 0.986. The second kappa shape index (κ2) is 19.4. The lowest BCUT2D eigenvalue weighted by molar-refractivity contribution is 0.990. The van der Waals surface area contributed by atoms with Gasteiger partial charge in [0.2, 0.25) is 0 Å². The Morgan fingerprint density at radius 1 is 0.226 bits per heavy atom. The van der Waals surface area contributed by atoms with Crippen molar-refractivity contribution in [2.45, 2.75) is 12.8 Å². The zero-order valence-corrected chi connectivity index (χ0v) is 46.2. The van der Waals surface area contributed by atoms with Gasteiger partial charge in [-0.1, -0.05) is 218 Å². The van der Waals surface area contributed by atoms with E-state index in [4.69, 9.17) is 0 Å². The first-order valence-corrected chi connectivity index (χ1v) is 29.3. The van der Waals surface area contributed by atoms with Gasteiger partial charge in [-0.05, 0) is 228 Å². The Labute approximate surface area is 487 Å². The van der Waals surface area contributed by atoms with Crippen LogP contribution in [0.4, 0.5) is 34.1 Å². The zero-order chi connectivity index (χ0) is 55.2. The van der Waals surface area contributed by atoms with Gasteiger partial charge in [-0.3, -0.25) is 0 Å². The lowest BCUT2D eigenvalue weighted by atomic mass is 9.81. The minimum absolute atomic E-state index is 0.986. The number of benzene rings is 16. The molecule has 0 N–H and O–H groups in total. The highest BCUT2D eigenvalue weighted by Crippen LogP contribution is 2.52. The molecule has 84 heavy (non-hydrogen) atoms. The van der Waals surface area contributed by atoms with Crippen LogP contribution in [0, 0.1) is 0 Å². The van der Waals surface area contributed by atoms with Crippen molar-refractivity contribution in [2.24, 2.45) is 0 Å². The van der Waals surface area contributed by atoms with E-state index >= 15 is 0 Å². The van der Waals surface area contributed by atoms with Crippen molar-refractivity contribution in [1.82, 2.24) is 0 Å². The van der Waals surface area contributed by atoms with E-state index in [1.807, 2.05) is 0 Å². The topological polar surface area (TPSA) is 6.48 Å². The number of anilines is 6. The van der Waals surface area contributed by atoms with Crippen LogP contribution in [0.3, 0.4) is 0 Å². The van der Waals surface area contributed by atoms with E-state index < -0.39 is 0 Å². The first-order chi connectivity index (χ1) is 41.6. The Kier molecular flexibility index (Phi) is 11.1. The van der Waals surface area contributed by atoms with Crippen LogP contribution in [-0.2, 0) is 6.42 Å². The molecule has 0 atom stereocenters. The Hall–Kier alpha value is -10.8. The summed E-state index contributed by atoms with van der Waals surface area (Å²) in [4.78, 5) is 4.94. The van der Waals surface area contributed by atoms with E-state index in [0.29, 0.717) is 0 Å². The Morgan fingerprint density at radius 2 is 0.571 bits per heavy atom. The average molecular weight is 1070 g/mol. The highest BCUT2D eigenvalue weighted by Gasteiger charge is 2.26. The van der Waals surface area contributed by atoms with Gasteiger partial charge >= 0.3 is 0 Å². The largest absolute Gasteiger partial charge is 0.310 e. The first kappa shape index (κ1) is 48.0. The van der Waals surface area contributed by atoms with Crippen LogP contribution in [0.25, 0.3) is 125 Å². The van der Waals surface area contributed by atoms with Crippen LogP contribution in [0.2, 0.25) is 0 Å². The fraction of sp³-hybridized carbons (Fsp3) is 0.0244. The number of allylic oxidation sites excluding steroid dienone is 1. The maximum Gasteiger partial charge on any atom is 0.0468 e. The summed E-state index contributed by atoms with van der Waals surface area (Å²) in [7, 11) is 0. The van der Waals surface area contributed by atoms with Crippen molar-refractivity contribution in [3.8, 4) is 22.3 Å². The van der Waals surface area contributed by atoms with Gasteiger partial charge in [0.1, 0.15) is 0 Å². The van der Waals surface area contributed by atoms with Crippen molar-refractivity contribution in [3.63, 3.8) is 0 Å². The molecule has 0 fully saturated rings. The van der Waals surface area contributed by atoms with Gasteiger partial charge in [-0.2, -0.15) is 0 Å². The summed E-state index contributed by atoms with van der Waals surface area (Å²) in [6, 6.07) is 109. The normalized spacial score (nSPS) is 12.4. The van der Waals surface area contributed by atoms with Gasteiger partial charge in [-0.15, -0.1) is 0 Å². The summed E-state index contributed by atoms with van der Waals surface area (Å²) in [5, 5.41) is 21.9. The van der Waals surface area contributed by atoms with Gasteiger partial charge in [0.05, 0.1) is 0 Å². The molecule has 17 rings (SSSR count). The predicted molar refractivity (Wildman–Crippen MR) is 362 cm³/mol. The molecule has 16 aromatic carbocycles. The van der Waals surface area contributed by atoms with Crippen molar-refractivity contribution >= 4 is 137 Å². The number of hydrogen-bond donors (Lipinski definition) is 0. The summed E-state index contributed by atoms with van der Waals surface area (Å²) in [5.41, 5.74) is 14.2. The summed E-state index contributed by atoms with van der Waals surface area (Å²) < 4.78 is 0. The second-order valence-corrected chi connectivity index (χ2v) is 22.7. The summed E-state index contributed by atoms with van der Waals surface area (Å²) in [6.45, 7) is 0. The van der Waals surface area contributed by atoms with Crippen LogP contribution in [0.15, 0.2) is 297 Å². The van der Waals surface area contributed by atoms with Crippen molar-refractivity contribution in [1.29, 1.82) is 0 Å². The molecule has 0 aromatic heterocycles. The zero-order valence-electron chi connectivity index (χ0n) is 46.2. The monoisotopic (exact) mass is 1070 g/mol. The molecule has 1 aliphatic rings. The van der Waals surface area contributed by atoms with Crippen LogP contribution in [-0.4, -0.2) is 0 Å². The quantitative estimate of drug-likeness (QED) is 0.111. The first-order valence-electron chi connectivity index (χ1n) is 29.3. The van der Waals surface area contributed by atoms with Crippen LogP contribution in [0.5, 0.6) is 0 Å². The van der Waals surface area contributed by atoms with Crippen LogP contribution < -0.4 is 9.80 Å². The third-order valence-electron chi connectivity index (χ3n) is 17.9. The molecule has 0 heterocycles. The Morgan fingerprint density at radius 3 is 1.04 bits per heavy atom. The van der Waals surface area contributed by atoms with E-state index in [2.05, 4.69) is 313 Å². The number of nitrogens with zero attached hydrogens (tertiary/aromatic N) is 2. The molecular formula is C82H54N2. The Bertz CT molecular complexity index is 5260. The molecule has 2 heteroatoms. The molecule has 392 valence electrons. The molecule has 0 saturated heterocycles. The van der Waals surface area contributed by atoms with Crippen molar-refractivity contribution < 1.29 is 0 Å². The number of hydrogen-bond acceptors (Lipinski definition) is 2. The standard InChI is InChI=1S/C82H54N2/c1-5-21-57-45-63(37-33-53(57)17-1)83(64-38-34-54-18-2-6-22-58(54)46-64)67-41-43-75-79(51-67)81(77-49-61-25-9-11-27-69(61)71-29-13-15-31-73(71)77)76-44-42-68(52-80(76)82(75)78-50-62-26-10-12-28-70(62)72-30-14-16-32-74(72)78)84(65-39-35-55-19-3-7-23-59(55)47-65)66-40-36-56-20-4-8-24-60(56)48-66/h1-9,11-25,27-52H,10,26H2. The molecule has 0 bridgehead atoms. The molecule has 2 nitrogen and oxygen atoms in total. The van der Waals surface area contributed by atoms with Gasteiger partial charge in [0, 0.05) is 34.1 Å². The van der Waals surface area contributed by atoms with Gasteiger partial charge in [0.15, 0.2) is 0 Å². The van der Waals surface area contributed by atoms with E-state index in [9.17, 15) is 0 Å². The molecule has 1 aliphatic carbocycles. The maximum absolute atomic E-state index is 2.54. The van der Waals surface area contributed by atoms with Crippen LogP contribution in [0.1, 0.15) is 17.5 Å². The predicted octanol–water partition coefficient (Wildman–Crippen LogP) is 23.3. The molecule has 16 aromatic rings. The highest BCUT2D eigenvalue weighted by atomic mass is 15.1. The third-order valence-corrected chi connectivity index (χ3v) is 17.9. The molecule has 0 unspecified atom stereocenters. The van der Waals surface area contributed by atoms with E-state index in [-0.39, 0.29) is 0 Å². The third kappa shape index (κ3) is 7.87. The van der Waals surface area contributed by atoms with E-state index in [1.54, 1.807) is 0 Å². The van der Waals surface area contributed by atoms with Crippen molar-refractivity contribution in [2.75, 3.05) is 9.80 Å². The average Bonchev–Trinajstić information content (AvgIpc) is 2.16. The maximum atomic E-state index is 2.54. The lowest BCUT2D eigenvalue weighted by Gasteiger charge is -2.29. The number of fused-ring (bicyclic) bond motifs is 12. The van der Waals surface area contributed by atoms with Crippen molar-refractivity contribution in [3.05, 3.63) is 308 Å². The van der Waals surface area contributed by atoms with E-state index in [1.165, 1.54) is 130 Å². The van der Waals surface area contributed by atoms with Gasteiger partial charge in [-0.25, -0.2) is 0 Å². The fourth-order valence-corrected chi connectivity index (χ4v) is 14.0. The molecular weight excluding hydrogens is 1010 g/mol. The molecule has 0 spiro atoms. The smallest absolute Gasteiger partial charge is 0.0468 e. The second-order valence-electron chi connectivity index (χ2n) is 22.7. The summed E-state index contributed by atoms with van der Waals surface area (Å²) in [6.07, 6.45) is 6.71. The van der Waals surface area contributed by atoms with Gasteiger partial charge < -0.3 is 9.80 Å². The number of rotatable bonds is 8. The minimum Gasteiger partial charge on any atom is -0.310 e. The summed E-state index contributed by atoms with van der Waals surface area (Å²) in [5.74, 6) is 0. The molecule has 0 radical (unpaired) electrons. The van der Waals surface area contributed by atoms with E-state index in [0.717, 1.165) is 47.0 Å². The Balaban J connectivity index is 1.03. The highest BCUT2D eigenvalue weighted by molar-refractivity contribution is 6.28. The SMILES string of the molecule is C1=Cc2c(cc(-c3c4cc(N(c5ccc6ccccc6c5)c5ccc6ccccc6c5)ccc4c(-c4cc5ccccc5c5ccccc45)c4cc(N(c5ccc6ccccc6c5)c5ccc6ccccc6c5)ccc34)c3ccccc23)CC1.